The molecule has 0 radical (unpaired) electrons. The number of methoxy groups -OCH3 is 1. The minimum atomic E-state index is -0.460. The molecule has 1 N–H and O–H groups in total. The predicted molar refractivity (Wildman–Crippen MR) is 84.8 cm³/mol. The maximum absolute atomic E-state index is 13.6. The van der Waals surface area contributed by atoms with E-state index >= 15 is 0 Å². The Morgan fingerprint density at radius 2 is 1.95 bits per heavy atom. The fourth-order valence-electron chi connectivity index (χ4n) is 2.06. The molecule has 0 spiro atoms. The SMILES string of the molecule is COc1ccc(CCNC(=O)Cc2c(F)cccc2Cl)cc1. The topological polar surface area (TPSA) is 38.3 Å². The van der Waals surface area contributed by atoms with E-state index in [2.05, 4.69) is 5.32 Å². The van der Waals surface area contributed by atoms with Crippen molar-refractivity contribution >= 4 is 17.5 Å². The van der Waals surface area contributed by atoms with Crippen LogP contribution in [-0.2, 0) is 17.6 Å². The number of carbonyl (C=O) groups is 1. The number of nitrogens with one attached hydrogen (secondary N) is 1. The highest BCUT2D eigenvalue weighted by molar-refractivity contribution is 6.31. The molecule has 0 aromatic heterocycles. The Bertz CT molecular complexity index is 623. The van der Waals surface area contributed by atoms with E-state index in [4.69, 9.17) is 16.3 Å². The highest BCUT2D eigenvalue weighted by atomic mass is 35.5. The highest BCUT2D eigenvalue weighted by Gasteiger charge is 2.11. The van der Waals surface area contributed by atoms with Gasteiger partial charge in [-0.25, -0.2) is 4.39 Å². The minimum Gasteiger partial charge on any atom is -0.497 e. The Hall–Kier alpha value is -2.07. The molecule has 0 bridgehead atoms. The van der Waals surface area contributed by atoms with Gasteiger partial charge in [0.05, 0.1) is 13.5 Å². The normalized spacial score (nSPS) is 10.3. The number of halogens is 2. The molecule has 0 heterocycles. The average Bonchev–Trinajstić information content (AvgIpc) is 2.52. The molecule has 2 aromatic carbocycles. The first-order valence-electron chi connectivity index (χ1n) is 6.92. The molecular weight excluding hydrogens is 305 g/mol. The summed E-state index contributed by atoms with van der Waals surface area (Å²) in [5, 5.41) is 3.04. The summed E-state index contributed by atoms with van der Waals surface area (Å²) in [5.41, 5.74) is 1.32. The predicted octanol–water partition coefficient (Wildman–Crippen LogP) is 3.39. The van der Waals surface area contributed by atoms with Gasteiger partial charge in [0.2, 0.25) is 5.91 Å². The minimum absolute atomic E-state index is 0.0614. The summed E-state index contributed by atoms with van der Waals surface area (Å²) in [6, 6.07) is 12.0. The maximum atomic E-state index is 13.6. The Balaban J connectivity index is 1.82. The molecule has 116 valence electrons. The zero-order valence-electron chi connectivity index (χ0n) is 12.2. The van der Waals surface area contributed by atoms with E-state index in [1.807, 2.05) is 24.3 Å². The van der Waals surface area contributed by atoms with Gasteiger partial charge in [-0.15, -0.1) is 0 Å². The van der Waals surface area contributed by atoms with Gasteiger partial charge in [0, 0.05) is 17.1 Å². The van der Waals surface area contributed by atoms with Crippen LogP contribution in [0.2, 0.25) is 5.02 Å². The third-order valence-electron chi connectivity index (χ3n) is 3.29. The first kappa shape index (κ1) is 16.3. The van der Waals surface area contributed by atoms with Crippen molar-refractivity contribution in [2.45, 2.75) is 12.8 Å². The summed E-state index contributed by atoms with van der Waals surface area (Å²) in [6.45, 7) is 0.483. The molecule has 2 rings (SSSR count). The number of hydrogen-bond donors (Lipinski definition) is 1. The van der Waals surface area contributed by atoms with Crippen LogP contribution in [0.4, 0.5) is 4.39 Å². The fraction of sp³-hybridized carbons (Fsp3) is 0.235. The molecule has 0 aliphatic carbocycles. The fourth-order valence-corrected chi connectivity index (χ4v) is 2.29. The molecule has 0 atom stereocenters. The third kappa shape index (κ3) is 4.46. The van der Waals surface area contributed by atoms with Crippen LogP contribution in [0.1, 0.15) is 11.1 Å². The van der Waals surface area contributed by atoms with E-state index in [1.54, 1.807) is 13.2 Å². The molecule has 2 aromatic rings. The van der Waals surface area contributed by atoms with Crippen LogP contribution in [-0.4, -0.2) is 19.6 Å². The van der Waals surface area contributed by atoms with E-state index in [-0.39, 0.29) is 22.9 Å². The molecule has 0 saturated carbocycles. The number of benzene rings is 2. The zero-order valence-corrected chi connectivity index (χ0v) is 13.0. The maximum Gasteiger partial charge on any atom is 0.224 e. The molecule has 0 saturated heterocycles. The van der Waals surface area contributed by atoms with E-state index in [0.717, 1.165) is 11.3 Å². The Labute approximate surface area is 134 Å². The quantitative estimate of drug-likeness (QED) is 0.885. The van der Waals surface area contributed by atoms with Crippen molar-refractivity contribution in [1.82, 2.24) is 5.32 Å². The Kier molecular flexibility index (Phi) is 5.78. The van der Waals surface area contributed by atoms with E-state index < -0.39 is 5.82 Å². The van der Waals surface area contributed by atoms with E-state index in [0.29, 0.717) is 13.0 Å². The summed E-state index contributed by atoms with van der Waals surface area (Å²) in [4.78, 5) is 11.9. The van der Waals surface area contributed by atoms with Crippen molar-refractivity contribution in [2.24, 2.45) is 0 Å². The van der Waals surface area contributed by atoms with Gasteiger partial charge < -0.3 is 10.1 Å². The average molecular weight is 322 g/mol. The van der Waals surface area contributed by atoms with Crippen molar-refractivity contribution in [2.75, 3.05) is 13.7 Å². The van der Waals surface area contributed by atoms with Crippen LogP contribution in [0, 0.1) is 5.82 Å². The molecule has 3 nitrogen and oxygen atoms in total. The van der Waals surface area contributed by atoms with Gasteiger partial charge in [-0.1, -0.05) is 29.8 Å². The highest BCUT2D eigenvalue weighted by Crippen LogP contribution is 2.19. The lowest BCUT2D eigenvalue weighted by atomic mass is 10.1. The van der Waals surface area contributed by atoms with Crippen molar-refractivity contribution in [1.29, 1.82) is 0 Å². The van der Waals surface area contributed by atoms with Crippen LogP contribution in [0.25, 0.3) is 0 Å². The number of rotatable bonds is 6. The molecule has 0 aliphatic rings. The van der Waals surface area contributed by atoms with E-state index in [1.165, 1.54) is 12.1 Å². The van der Waals surface area contributed by atoms with Gasteiger partial charge in [0.15, 0.2) is 0 Å². The summed E-state index contributed by atoms with van der Waals surface area (Å²) in [5.74, 6) is 0.0836. The van der Waals surface area contributed by atoms with Gasteiger partial charge >= 0.3 is 0 Å². The van der Waals surface area contributed by atoms with E-state index in [9.17, 15) is 9.18 Å². The third-order valence-corrected chi connectivity index (χ3v) is 3.65. The van der Waals surface area contributed by atoms with Crippen LogP contribution in [0.3, 0.4) is 0 Å². The standard InChI is InChI=1S/C17H17ClFNO2/c1-22-13-7-5-12(6-8-13)9-10-20-17(21)11-14-15(18)3-2-4-16(14)19/h2-8H,9-11H2,1H3,(H,20,21). The van der Waals surface area contributed by atoms with Gasteiger partial charge in [-0.3, -0.25) is 4.79 Å². The molecule has 1 amide bonds. The molecular formula is C17H17ClFNO2. The van der Waals surface area contributed by atoms with Crippen LogP contribution in [0.15, 0.2) is 42.5 Å². The molecule has 5 heteroatoms. The van der Waals surface area contributed by atoms with Crippen molar-refractivity contribution in [3.05, 3.63) is 64.4 Å². The van der Waals surface area contributed by atoms with Crippen LogP contribution in [0.5, 0.6) is 5.75 Å². The number of hydrogen-bond acceptors (Lipinski definition) is 2. The number of ether oxygens (including phenoxy) is 1. The largest absolute Gasteiger partial charge is 0.497 e. The molecule has 0 fully saturated rings. The number of carbonyl (C=O) groups excluding carboxylic acids is 1. The van der Waals surface area contributed by atoms with Crippen molar-refractivity contribution in [3.8, 4) is 5.75 Å². The van der Waals surface area contributed by atoms with Crippen LogP contribution < -0.4 is 10.1 Å². The lowest BCUT2D eigenvalue weighted by Crippen LogP contribution is -2.27. The second kappa shape index (κ2) is 7.80. The smallest absolute Gasteiger partial charge is 0.224 e. The molecule has 0 unspecified atom stereocenters. The first-order chi connectivity index (χ1) is 10.6. The Morgan fingerprint density at radius 1 is 1.23 bits per heavy atom. The number of amides is 1. The van der Waals surface area contributed by atoms with Crippen molar-refractivity contribution < 1.29 is 13.9 Å². The van der Waals surface area contributed by atoms with Gasteiger partial charge in [0.25, 0.3) is 0 Å². The summed E-state index contributed by atoms with van der Waals surface area (Å²) < 4.78 is 18.7. The first-order valence-corrected chi connectivity index (χ1v) is 7.30. The molecule has 22 heavy (non-hydrogen) atoms. The van der Waals surface area contributed by atoms with Crippen molar-refractivity contribution in [3.63, 3.8) is 0 Å². The van der Waals surface area contributed by atoms with Gasteiger partial charge in [-0.05, 0) is 36.2 Å². The van der Waals surface area contributed by atoms with Gasteiger partial charge in [-0.2, -0.15) is 0 Å². The zero-order chi connectivity index (χ0) is 15.9. The second-order valence-corrected chi connectivity index (χ2v) is 5.23. The Morgan fingerprint density at radius 3 is 2.59 bits per heavy atom. The summed E-state index contributed by atoms with van der Waals surface area (Å²) in [6.07, 6.45) is 0.634. The lowest BCUT2D eigenvalue weighted by molar-refractivity contribution is -0.120. The lowest BCUT2D eigenvalue weighted by Gasteiger charge is -2.08. The molecule has 0 aliphatic heterocycles. The monoisotopic (exact) mass is 321 g/mol. The van der Waals surface area contributed by atoms with Gasteiger partial charge in [0.1, 0.15) is 11.6 Å². The summed E-state index contributed by atoms with van der Waals surface area (Å²) in [7, 11) is 1.61. The second-order valence-electron chi connectivity index (χ2n) is 4.83. The summed E-state index contributed by atoms with van der Waals surface area (Å²) >= 11 is 5.90. The van der Waals surface area contributed by atoms with Crippen LogP contribution >= 0.6 is 11.6 Å².